The molecule has 2 heterocycles. The van der Waals surface area contributed by atoms with Crippen molar-refractivity contribution in [1.29, 1.82) is 0 Å². The van der Waals surface area contributed by atoms with Gasteiger partial charge in [-0.2, -0.15) is 5.10 Å². The van der Waals surface area contributed by atoms with Crippen LogP contribution in [-0.4, -0.2) is 16.4 Å². The van der Waals surface area contributed by atoms with Crippen molar-refractivity contribution in [2.45, 2.75) is 39.2 Å². The maximum atomic E-state index is 5.95. The maximum Gasteiger partial charge on any atom is 0.127 e. The van der Waals surface area contributed by atoms with Crippen LogP contribution in [0.1, 0.15) is 42.6 Å². The molecular formula is C17H23N3O. The van der Waals surface area contributed by atoms with E-state index in [1.54, 1.807) is 0 Å². The van der Waals surface area contributed by atoms with Gasteiger partial charge in [0.15, 0.2) is 0 Å². The number of ether oxygens (including phenoxy) is 1. The number of fused-ring (bicyclic) bond motifs is 1. The normalized spacial score (nSPS) is 17.8. The van der Waals surface area contributed by atoms with E-state index in [9.17, 15) is 0 Å². The van der Waals surface area contributed by atoms with Crippen molar-refractivity contribution < 1.29 is 4.74 Å². The van der Waals surface area contributed by atoms with E-state index in [0.717, 1.165) is 43.0 Å². The van der Waals surface area contributed by atoms with Crippen molar-refractivity contribution in [2.75, 3.05) is 11.9 Å². The Hall–Kier alpha value is -1.97. The fourth-order valence-electron chi connectivity index (χ4n) is 3.02. The summed E-state index contributed by atoms with van der Waals surface area (Å²) >= 11 is 0. The first kappa shape index (κ1) is 14.0. The number of hydrogen-bond acceptors (Lipinski definition) is 3. The lowest BCUT2D eigenvalue weighted by atomic mass is 9.99. The summed E-state index contributed by atoms with van der Waals surface area (Å²) in [5.41, 5.74) is 4.73. The van der Waals surface area contributed by atoms with E-state index < -0.39 is 0 Å². The predicted octanol–water partition coefficient (Wildman–Crippen LogP) is 3.62. The minimum absolute atomic E-state index is 0.289. The number of benzene rings is 1. The number of aryl methyl sites for hydroxylation is 3. The Bertz CT molecular complexity index is 633. The first-order chi connectivity index (χ1) is 10.2. The molecule has 3 rings (SSSR count). The summed E-state index contributed by atoms with van der Waals surface area (Å²) in [5.74, 6) is 1.05. The number of nitrogens with zero attached hydrogens (tertiary/aromatic N) is 2. The molecule has 4 heteroatoms. The number of para-hydroxylation sites is 1. The van der Waals surface area contributed by atoms with Gasteiger partial charge in [0, 0.05) is 18.8 Å². The first-order valence-electron chi connectivity index (χ1n) is 7.70. The molecule has 0 saturated carbocycles. The van der Waals surface area contributed by atoms with Gasteiger partial charge in [0.05, 0.1) is 24.0 Å². The lowest BCUT2D eigenvalue weighted by molar-refractivity contribution is 0.314. The first-order valence-corrected chi connectivity index (χ1v) is 7.70. The SMILES string of the molecule is CCc1nn(C)cc1NC1CCCOc2c(C)cccc21. The van der Waals surface area contributed by atoms with Gasteiger partial charge in [-0.05, 0) is 31.7 Å². The Morgan fingerprint density at radius 1 is 1.43 bits per heavy atom. The second-order valence-electron chi connectivity index (χ2n) is 5.70. The van der Waals surface area contributed by atoms with Gasteiger partial charge in [0.1, 0.15) is 5.75 Å². The van der Waals surface area contributed by atoms with Gasteiger partial charge in [0.25, 0.3) is 0 Å². The number of anilines is 1. The summed E-state index contributed by atoms with van der Waals surface area (Å²) in [5, 5.41) is 8.20. The number of nitrogens with one attached hydrogen (secondary N) is 1. The summed E-state index contributed by atoms with van der Waals surface area (Å²) in [6.45, 7) is 5.05. The zero-order valence-corrected chi connectivity index (χ0v) is 13.0. The van der Waals surface area contributed by atoms with Crippen molar-refractivity contribution in [3.05, 3.63) is 41.2 Å². The molecule has 1 N–H and O–H groups in total. The second-order valence-corrected chi connectivity index (χ2v) is 5.70. The van der Waals surface area contributed by atoms with E-state index in [1.807, 2.05) is 11.7 Å². The maximum absolute atomic E-state index is 5.95. The van der Waals surface area contributed by atoms with Crippen molar-refractivity contribution in [2.24, 2.45) is 7.05 Å². The van der Waals surface area contributed by atoms with Crippen LogP contribution in [0.2, 0.25) is 0 Å². The van der Waals surface area contributed by atoms with Crippen LogP contribution in [-0.2, 0) is 13.5 Å². The van der Waals surface area contributed by atoms with Crippen LogP contribution in [0.3, 0.4) is 0 Å². The quantitative estimate of drug-likeness (QED) is 0.936. The molecule has 0 spiro atoms. The molecule has 1 aliphatic rings. The van der Waals surface area contributed by atoms with Crippen LogP contribution in [0.15, 0.2) is 24.4 Å². The van der Waals surface area contributed by atoms with Crippen LogP contribution in [0.4, 0.5) is 5.69 Å². The zero-order valence-electron chi connectivity index (χ0n) is 13.0. The molecule has 1 atom stereocenters. The third-order valence-electron chi connectivity index (χ3n) is 4.07. The van der Waals surface area contributed by atoms with Crippen LogP contribution in [0, 0.1) is 6.92 Å². The second kappa shape index (κ2) is 5.80. The molecule has 0 bridgehead atoms. The molecule has 21 heavy (non-hydrogen) atoms. The summed E-state index contributed by atoms with van der Waals surface area (Å²) in [7, 11) is 1.97. The zero-order chi connectivity index (χ0) is 14.8. The molecule has 0 fully saturated rings. The Balaban J connectivity index is 1.94. The molecule has 1 aliphatic heterocycles. The van der Waals surface area contributed by atoms with Crippen molar-refractivity contribution >= 4 is 5.69 Å². The molecule has 1 aromatic carbocycles. The highest BCUT2D eigenvalue weighted by molar-refractivity contribution is 5.52. The molecule has 0 radical (unpaired) electrons. The monoisotopic (exact) mass is 285 g/mol. The van der Waals surface area contributed by atoms with Crippen LogP contribution in [0.5, 0.6) is 5.75 Å². The molecule has 1 aromatic heterocycles. The van der Waals surface area contributed by atoms with E-state index in [0.29, 0.717) is 0 Å². The Morgan fingerprint density at radius 2 is 2.29 bits per heavy atom. The fourth-order valence-corrected chi connectivity index (χ4v) is 3.02. The van der Waals surface area contributed by atoms with Gasteiger partial charge in [-0.25, -0.2) is 0 Å². The Kier molecular flexibility index (Phi) is 3.86. The van der Waals surface area contributed by atoms with Gasteiger partial charge in [-0.1, -0.05) is 25.1 Å². The van der Waals surface area contributed by atoms with Gasteiger partial charge in [0.2, 0.25) is 0 Å². The van der Waals surface area contributed by atoms with E-state index in [2.05, 4.69) is 48.7 Å². The molecule has 4 nitrogen and oxygen atoms in total. The summed E-state index contributed by atoms with van der Waals surface area (Å²) in [6.07, 6.45) is 5.15. The number of aromatic nitrogens is 2. The predicted molar refractivity (Wildman–Crippen MR) is 84.9 cm³/mol. The van der Waals surface area contributed by atoms with E-state index in [4.69, 9.17) is 4.74 Å². The van der Waals surface area contributed by atoms with Gasteiger partial charge in [-0.3, -0.25) is 4.68 Å². The lowest BCUT2D eigenvalue weighted by Crippen LogP contribution is -2.11. The van der Waals surface area contributed by atoms with Gasteiger partial charge >= 0.3 is 0 Å². The highest BCUT2D eigenvalue weighted by Crippen LogP contribution is 2.36. The number of rotatable bonds is 3. The molecule has 112 valence electrons. The van der Waals surface area contributed by atoms with Gasteiger partial charge in [-0.15, -0.1) is 0 Å². The molecule has 0 amide bonds. The largest absolute Gasteiger partial charge is 0.493 e. The highest BCUT2D eigenvalue weighted by Gasteiger charge is 2.22. The van der Waals surface area contributed by atoms with Crippen molar-refractivity contribution in [1.82, 2.24) is 9.78 Å². The Morgan fingerprint density at radius 3 is 3.10 bits per heavy atom. The average Bonchev–Trinajstić information content (AvgIpc) is 2.69. The topological polar surface area (TPSA) is 39.1 Å². The Labute approximate surface area is 126 Å². The van der Waals surface area contributed by atoms with Crippen LogP contribution >= 0.6 is 0 Å². The molecule has 0 aliphatic carbocycles. The van der Waals surface area contributed by atoms with Crippen molar-refractivity contribution in [3.63, 3.8) is 0 Å². The summed E-state index contributed by atoms with van der Waals surface area (Å²) in [4.78, 5) is 0. The summed E-state index contributed by atoms with van der Waals surface area (Å²) < 4.78 is 7.83. The minimum Gasteiger partial charge on any atom is -0.493 e. The minimum atomic E-state index is 0.289. The molecule has 0 saturated heterocycles. The standard InChI is InChI=1S/C17H23N3O/c1-4-14-16(11-20(3)19-14)18-15-9-6-10-21-17-12(2)7-5-8-13(15)17/h5,7-8,11,15,18H,4,6,9-10H2,1-3H3. The lowest BCUT2D eigenvalue weighted by Gasteiger charge is -2.20. The number of hydrogen-bond donors (Lipinski definition) is 1. The molecule has 1 unspecified atom stereocenters. The van der Waals surface area contributed by atoms with Gasteiger partial charge < -0.3 is 10.1 Å². The summed E-state index contributed by atoms with van der Waals surface area (Å²) in [6, 6.07) is 6.69. The third-order valence-corrected chi connectivity index (χ3v) is 4.07. The smallest absolute Gasteiger partial charge is 0.127 e. The third kappa shape index (κ3) is 2.75. The molecular weight excluding hydrogens is 262 g/mol. The van der Waals surface area contributed by atoms with Crippen molar-refractivity contribution in [3.8, 4) is 5.75 Å². The molecule has 2 aromatic rings. The van der Waals surface area contributed by atoms with Crippen LogP contribution < -0.4 is 10.1 Å². The van der Waals surface area contributed by atoms with E-state index in [-0.39, 0.29) is 6.04 Å². The average molecular weight is 285 g/mol. The van der Waals surface area contributed by atoms with E-state index >= 15 is 0 Å². The fraction of sp³-hybridized carbons (Fsp3) is 0.471. The highest BCUT2D eigenvalue weighted by atomic mass is 16.5. The van der Waals surface area contributed by atoms with E-state index in [1.165, 1.54) is 11.1 Å². The van der Waals surface area contributed by atoms with Crippen LogP contribution in [0.25, 0.3) is 0 Å².